The van der Waals surface area contributed by atoms with Gasteiger partial charge >= 0.3 is 0 Å². The smallest absolute Gasteiger partial charge is 0.190 e. The van der Waals surface area contributed by atoms with Gasteiger partial charge in [0, 0.05) is 33.2 Å². The van der Waals surface area contributed by atoms with Gasteiger partial charge in [-0.3, -0.25) is 4.99 Å². The molecule has 2 rings (SSSR count). The Morgan fingerprint density at radius 3 is 2.53 bits per heavy atom. The largest absolute Gasteiger partial charge is 0.490 e. The first-order valence-corrected chi connectivity index (χ1v) is 11.4. The molecule has 1 aliphatic heterocycles. The third-order valence-electron chi connectivity index (χ3n) is 5.29. The van der Waals surface area contributed by atoms with Crippen LogP contribution < -0.4 is 20.1 Å². The van der Waals surface area contributed by atoms with Gasteiger partial charge in [-0.1, -0.05) is 6.07 Å². The minimum absolute atomic E-state index is 0.631. The molecular weight excluding hydrogens is 378 g/mol. The molecule has 1 aliphatic rings. The third kappa shape index (κ3) is 8.79. The molecule has 30 heavy (non-hydrogen) atoms. The number of benzene rings is 1. The number of nitrogens with zero attached hydrogens (tertiary/aromatic N) is 3. The Labute approximate surface area is 182 Å². The number of guanidine groups is 1. The highest BCUT2D eigenvalue weighted by Crippen LogP contribution is 2.28. The van der Waals surface area contributed by atoms with Crippen LogP contribution in [0.15, 0.2) is 23.2 Å². The maximum Gasteiger partial charge on any atom is 0.190 e. The van der Waals surface area contributed by atoms with Crippen LogP contribution in [0, 0.1) is 0 Å². The number of hydrogen-bond donors (Lipinski definition) is 2. The van der Waals surface area contributed by atoms with Crippen LogP contribution in [0.5, 0.6) is 11.5 Å². The first-order valence-electron chi connectivity index (χ1n) is 11.4. The van der Waals surface area contributed by atoms with E-state index in [9.17, 15) is 0 Å². The molecule has 2 N–H and O–H groups in total. The molecule has 0 radical (unpaired) electrons. The van der Waals surface area contributed by atoms with E-state index in [1.807, 2.05) is 27.0 Å². The molecule has 1 fully saturated rings. The predicted molar refractivity (Wildman–Crippen MR) is 125 cm³/mol. The second kappa shape index (κ2) is 14.1. The predicted octanol–water partition coefficient (Wildman–Crippen LogP) is 2.22. The van der Waals surface area contributed by atoms with Gasteiger partial charge in [-0.15, -0.1) is 0 Å². The highest BCUT2D eigenvalue weighted by atomic mass is 16.5. The van der Waals surface area contributed by atoms with Crippen LogP contribution in [0.1, 0.15) is 32.3 Å². The van der Waals surface area contributed by atoms with Crippen LogP contribution in [0.4, 0.5) is 0 Å². The van der Waals surface area contributed by atoms with E-state index in [0.29, 0.717) is 13.2 Å². The summed E-state index contributed by atoms with van der Waals surface area (Å²) in [6.45, 7) is 12.9. The van der Waals surface area contributed by atoms with Crippen molar-refractivity contribution >= 4 is 5.96 Å². The standard InChI is InChI=1S/C23H41N5O2/c1-5-29-21-10-9-20(19-22(21)30-6-2)11-13-26-23(24-3)25-12-7-15-28-16-8-14-27(4)17-18-28/h9-10,19H,5-8,11-18H2,1-4H3,(H2,24,25,26). The highest BCUT2D eigenvalue weighted by molar-refractivity contribution is 5.79. The lowest BCUT2D eigenvalue weighted by Crippen LogP contribution is -2.40. The lowest BCUT2D eigenvalue weighted by molar-refractivity contribution is 0.274. The van der Waals surface area contributed by atoms with Gasteiger partial charge in [0.2, 0.25) is 0 Å². The van der Waals surface area contributed by atoms with Crippen molar-refractivity contribution in [2.45, 2.75) is 33.1 Å². The van der Waals surface area contributed by atoms with Crippen molar-refractivity contribution in [3.8, 4) is 11.5 Å². The van der Waals surface area contributed by atoms with Crippen molar-refractivity contribution in [3.63, 3.8) is 0 Å². The summed E-state index contributed by atoms with van der Waals surface area (Å²) in [5, 5.41) is 6.84. The monoisotopic (exact) mass is 419 g/mol. The van der Waals surface area contributed by atoms with Crippen LogP contribution in [0.2, 0.25) is 0 Å². The number of likely N-dealkylation sites (N-methyl/N-ethyl adjacent to an activating group) is 1. The minimum atomic E-state index is 0.631. The number of nitrogens with one attached hydrogen (secondary N) is 2. The average Bonchev–Trinajstić information content (AvgIpc) is 2.96. The van der Waals surface area contributed by atoms with E-state index >= 15 is 0 Å². The summed E-state index contributed by atoms with van der Waals surface area (Å²) in [6, 6.07) is 6.17. The fourth-order valence-corrected chi connectivity index (χ4v) is 3.63. The van der Waals surface area contributed by atoms with Crippen LogP contribution in [-0.4, -0.2) is 88.9 Å². The van der Waals surface area contributed by atoms with Gasteiger partial charge in [-0.05, 0) is 77.5 Å². The van der Waals surface area contributed by atoms with E-state index in [2.05, 4.69) is 44.6 Å². The first kappa shape index (κ1) is 24.3. The normalized spacial score (nSPS) is 16.2. The Balaban J connectivity index is 1.68. The van der Waals surface area contributed by atoms with E-state index in [-0.39, 0.29) is 0 Å². The van der Waals surface area contributed by atoms with Crippen molar-refractivity contribution in [1.29, 1.82) is 0 Å². The van der Waals surface area contributed by atoms with Crippen LogP contribution in [0.25, 0.3) is 0 Å². The lowest BCUT2D eigenvalue weighted by atomic mass is 10.1. The maximum absolute atomic E-state index is 5.72. The Morgan fingerprint density at radius 1 is 1.00 bits per heavy atom. The molecule has 0 aliphatic carbocycles. The van der Waals surface area contributed by atoms with Gasteiger partial charge in [-0.25, -0.2) is 0 Å². The molecular formula is C23H41N5O2. The van der Waals surface area contributed by atoms with Crippen LogP contribution in [-0.2, 0) is 6.42 Å². The van der Waals surface area contributed by atoms with E-state index in [1.54, 1.807) is 0 Å². The SMILES string of the molecule is CCOc1ccc(CCNC(=NC)NCCCN2CCCN(C)CC2)cc1OCC. The fourth-order valence-electron chi connectivity index (χ4n) is 3.63. The average molecular weight is 420 g/mol. The molecule has 0 unspecified atom stereocenters. The van der Waals surface area contributed by atoms with Gasteiger partial charge in [-0.2, -0.15) is 0 Å². The maximum atomic E-state index is 5.72. The number of ether oxygens (including phenoxy) is 2. The zero-order valence-corrected chi connectivity index (χ0v) is 19.4. The molecule has 0 saturated carbocycles. The van der Waals surface area contributed by atoms with E-state index in [4.69, 9.17) is 9.47 Å². The summed E-state index contributed by atoms with van der Waals surface area (Å²) in [5.41, 5.74) is 1.22. The molecule has 0 amide bonds. The van der Waals surface area contributed by atoms with E-state index in [0.717, 1.165) is 49.9 Å². The molecule has 0 bridgehead atoms. The zero-order valence-electron chi connectivity index (χ0n) is 19.4. The number of rotatable bonds is 11. The Morgan fingerprint density at radius 2 is 1.77 bits per heavy atom. The Hall–Kier alpha value is -1.99. The number of hydrogen-bond acceptors (Lipinski definition) is 5. The van der Waals surface area contributed by atoms with Crippen molar-refractivity contribution < 1.29 is 9.47 Å². The summed E-state index contributed by atoms with van der Waals surface area (Å²) in [7, 11) is 4.04. The highest BCUT2D eigenvalue weighted by Gasteiger charge is 2.11. The first-order chi connectivity index (χ1) is 14.7. The number of aliphatic imine (C=N–C) groups is 1. The molecule has 1 aromatic rings. The summed E-state index contributed by atoms with van der Waals surface area (Å²) in [4.78, 5) is 9.34. The molecule has 1 heterocycles. The van der Waals surface area contributed by atoms with Gasteiger partial charge < -0.3 is 29.9 Å². The van der Waals surface area contributed by atoms with Gasteiger partial charge in [0.05, 0.1) is 13.2 Å². The molecule has 170 valence electrons. The summed E-state index contributed by atoms with van der Waals surface area (Å²) in [6.07, 6.45) is 3.29. The van der Waals surface area contributed by atoms with E-state index in [1.165, 1.54) is 38.2 Å². The quantitative estimate of drug-likeness (QED) is 0.326. The van der Waals surface area contributed by atoms with Crippen molar-refractivity contribution in [1.82, 2.24) is 20.4 Å². The Bertz CT molecular complexity index is 638. The summed E-state index contributed by atoms with van der Waals surface area (Å²) >= 11 is 0. The Kier molecular flexibility index (Phi) is 11.4. The van der Waals surface area contributed by atoms with Gasteiger partial charge in [0.1, 0.15) is 0 Å². The second-order valence-corrected chi connectivity index (χ2v) is 7.67. The topological polar surface area (TPSA) is 61.4 Å². The molecule has 0 atom stereocenters. The van der Waals surface area contributed by atoms with Crippen molar-refractivity contribution in [2.24, 2.45) is 4.99 Å². The second-order valence-electron chi connectivity index (χ2n) is 7.67. The molecule has 7 heteroatoms. The summed E-state index contributed by atoms with van der Waals surface area (Å²) in [5.74, 6) is 2.49. The lowest BCUT2D eigenvalue weighted by Gasteiger charge is -2.20. The molecule has 0 spiro atoms. The molecule has 1 saturated heterocycles. The molecule has 1 aromatic carbocycles. The zero-order chi connectivity index (χ0) is 21.6. The van der Waals surface area contributed by atoms with Crippen LogP contribution in [0.3, 0.4) is 0 Å². The van der Waals surface area contributed by atoms with Crippen molar-refractivity contribution in [2.75, 3.05) is 73.1 Å². The third-order valence-corrected chi connectivity index (χ3v) is 5.29. The van der Waals surface area contributed by atoms with Crippen molar-refractivity contribution in [3.05, 3.63) is 23.8 Å². The fraction of sp³-hybridized carbons (Fsp3) is 0.696. The minimum Gasteiger partial charge on any atom is -0.490 e. The van der Waals surface area contributed by atoms with Gasteiger partial charge in [0.15, 0.2) is 17.5 Å². The molecule has 7 nitrogen and oxygen atoms in total. The summed E-state index contributed by atoms with van der Waals surface area (Å²) < 4.78 is 11.4. The molecule has 0 aromatic heterocycles. The van der Waals surface area contributed by atoms with E-state index < -0.39 is 0 Å². The van der Waals surface area contributed by atoms with Gasteiger partial charge in [0.25, 0.3) is 0 Å². The van der Waals surface area contributed by atoms with Crippen LogP contribution >= 0.6 is 0 Å².